The molecule has 1 unspecified atom stereocenters. The third kappa shape index (κ3) is 9.00. The Hall–Kier alpha value is -5.06. The minimum Gasteiger partial charge on any atom is -0.462 e. The van der Waals surface area contributed by atoms with Gasteiger partial charge in [0.25, 0.3) is 0 Å². The van der Waals surface area contributed by atoms with E-state index in [1.807, 2.05) is 18.0 Å². The molecule has 2 aliphatic heterocycles. The second-order valence-corrected chi connectivity index (χ2v) is 18.1. The van der Waals surface area contributed by atoms with Crippen molar-refractivity contribution in [1.29, 1.82) is 5.26 Å². The fraction of sp³-hybridized carbons (Fsp3) is 0.537. The first-order valence-corrected chi connectivity index (χ1v) is 20.1. The molecule has 2 saturated heterocycles. The van der Waals surface area contributed by atoms with E-state index in [1.165, 1.54) is 4.90 Å². The van der Waals surface area contributed by atoms with Gasteiger partial charge in [-0.05, 0) is 86.1 Å². The van der Waals surface area contributed by atoms with Crippen LogP contribution in [0.5, 0.6) is 6.01 Å². The number of rotatable bonds is 8. The number of fused-ring (bicyclic) bond motifs is 2. The molecule has 60 heavy (non-hydrogen) atoms. The van der Waals surface area contributed by atoms with Crippen LogP contribution in [-0.4, -0.2) is 108 Å². The standard InChI is InChI=1S/C41H48F5N7O6S/c1-20-28(13-14-53(20)38(55)59-40(5,6)7)52(9)34-24-16-26(41(44,45)46)30(31(43)32(24)48-36(49-34)57-19-21-15-22(56-10)18-51(21)8)23-11-12-27(42)33-29(23)25(17-47)35(60-33)50-37(54)58-39(2,3)4/h11-12,16,20-22,28H,13-15,18-19H2,1-10H3,(H,50,54)/t20-,21?,22-,28-/m1/s1. The number of benzene rings is 2. The zero-order valence-corrected chi connectivity index (χ0v) is 35.8. The number of likely N-dealkylation sites (tertiary alicyclic amines) is 2. The SMILES string of the molecule is CO[C@@H]1CC(COc2nc(N(C)[C@@H]3CCN(C(=O)OC(C)(C)C)[C@@H]3C)c3cc(C(F)(F)F)c(-c4ccc(F)c5sc(NC(=O)OC(C)(C)C)c(C#N)c45)c(F)c3n2)N(C)C1. The molecule has 2 aromatic carbocycles. The normalized spacial score (nSPS) is 20.1. The summed E-state index contributed by atoms with van der Waals surface area (Å²) < 4.78 is 101. The highest BCUT2D eigenvalue weighted by Gasteiger charge is 2.42. The van der Waals surface area contributed by atoms with Crippen LogP contribution in [0.1, 0.15) is 72.4 Å². The maximum atomic E-state index is 17.5. The molecule has 4 heterocycles. The molecule has 0 aliphatic carbocycles. The van der Waals surface area contributed by atoms with E-state index in [-0.39, 0.29) is 57.6 Å². The summed E-state index contributed by atoms with van der Waals surface area (Å²) in [6, 6.07) is 2.92. The second-order valence-electron chi connectivity index (χ2n) is 17.1. The molecule has 0 saturated carbocycles. The fourth-order valence-electron chi connectivity index (χ4n) is 7.72. The molecule has 2 fully saturated rings. The lowest BCUT2D eigenvalue weighted by molar-refractivity contribution is -0.137. The van der Waals surface area contributed by atoms with Crippen LogP contribution in [0.3, 0.4) is 0 Å². The third-order valence-corrected chi connectivity index (χ3v) is 11.7. The topological polar surface area (TPSA) is 142 Å². The van der Waals surface area contributed by atoms with E-state index in [9.17, 15) is 14.9 Å². The van der Waals surface area contributed by atoms with Gasteiger partial charge in [-0.3, -0.25) is 10.2 Å². The molecule has 1 N–H and O–H groups in total. The number of methoxy groups -OCH3 is 1. The largest absolute Gasteiger partial charge is 0.462 e. The van der Waals surface area contributed by atoms with Gasteiger partial charge in [0.2, 0.25) is 0 Å². The average Bonchev–Trinajstić information content (AvgIpc) is 3.82. The monoisotopic (exact) mass is 861 g/mol. The molecule has 2 aromatic heterocycles. The van der Waals surface area contributed by atoms with Gasteiger partial charge in [0.1, 0.15) is 46.0 Å². The van der Waals surface area contributed by atoms with Crippen molar-refractivity contribution in [2.24, 2.45) is 0 Å². The highest BCUT2D eigenvalue weighted by atomic mass is 32.1. The first kappa shape index (κ1) is 44.5. The van der Waals surface area contributed by atoms with E-state index in [4.69, 9.17) is 18.9 Å². The summed E-state index contributed by atoms with van der Waals surface area (Å²) in [5.41, 5.74) is -5.57. The number of hydrogen-bond acceptors (Lipinski definition) is 12. The molecule has 0 bridgehead atoms. The van der Waals surface area contributed by atoms with Crippen molar-refractivity contribution in [2.75, 3.05) is 51.1 Å². The van der Waals surface area contributed by atoms with Gasteiger partial charge in [0.15, 0.2) is 5.82 Å². The van der Waals surface area contributed by atoms with Gasteiger partial charge in [0, 0.05) is 49.6 Å². The Morgan fingerprint density at radius 3 is 2.37 bits per heavy atom. The Morgan fingerprint density at radius 1 is 1.08 bits per heavy atom. The van der Waals surface area contributed by atoms with E-state index < -0.39 is 81.1 Å². The number of anilines is 2. The Kier molecular flexibility index (Phi) is 12.2. The molecule has 4 aromatic rings. The third-order valence-electron chi connectivity index (χ3n) is 10.5. The Morgan fingerprint density at radius 2 is 1.77 bits per heavy atom. The molecule has 4 atom stereocenters. The lowest BCUT2D eigenvalue weighted by atomic mass is 9.92. The first-order valence-electron chi connectivity index (χ1n) is 19.3. The van der Waals surface area contributed by atoms with Crippen LogP contribution in [0, 0.1) is 23.0 Å². The highest BCUT2D eigenvalue weighted by Crippen LogP contribution is 2.49. The number of alkyl halides is 3. The summed E-state index contributed by atoms with van der Waals surface area (Å²) in [7, 11) is 5.07. The number of nitrogens with zero attached hydrogens (tertiary/aromatic N) is 6. The number of nitriles is 1. The zero-order chi connectivity index (χ0) is 44.2. The molecule has 19 heteroatoms. The number of nitrogens with one attached hydrogen (secondary N) is 1. The van der Waals surface area contributed by atoms with Crippen molar-refractivity contribution >= 4 is 55.3 Å². The van der Waals surface area contributed by atoms with Crippen LogP contribution in [0.15, 0.2) is 18.2 Å². The minimum absolute atomic E-state index is 0.0405. The molecule has 13 nitrogen and oxygen atoms in total. The number of likely N-dealkylation sites (N-methyl/N-ethyl adjacent to an activating group) is 2. The van der Waals surface area contributed by atoms with E-state index in [1.54, 1.807) is 67.5 Å². The fourth-order valence-corrected chi connectivity index (χ4v) is 8.79. The molecule has 2 amide bonds. The van der Waals surface area contributed by atoms with E-state index in [0.29, 0.717) is 30.7 Å². The van der Waals surface area contributed by atoms with Crippen molar-refractivity contribution in [3.63, 3.8) is 0 Å². The smallest absolute Gasteiger partial charge is 0.417 e. The van der Waals surface area contributed by atoms with Gasteiger partial charge < -0.3 is 28.7 Å². The first-order chi connectivity index (χ1) is 27.9. The maximum absolute atomic E-state index is 17.5. The van der Waals surface area contributed by atoms with Crippen LogP contribution >= 0.6 is 11.3 Å². The summed E-state index contributed by atoms with van der Waals surface area (Å²) in [6.45, 7) is 12.7. The number of carbonyl (C=O) groups is 2. The Labute approximate surface area is 348 Å². The van der Waals surface area contributed by atoms with Gasteiger partial charge in [-0.25, -0.2) is 18.4 Å². The number of halogens is 5. The van der Waals surface area contributed by atoms with Crippen LogP contribution in [0.25, 0.3) is 32.1 Å². The number of amides is 2. The molecule has 0 spiro atoms. The van der Waals surface area contributed by atoms with Gasteiger partial charge in [-0.2, -0.15) is 28.4 Å². The Balaban J connectivity index is 1.55. The number of ether oxygens (including phenoxy) is 4. The van der Waals surface area contributed by atoms with Crippen molar-refractivity contribution in [1.82, 2.24) is 19.8 Å². The summed E-state index contributed by atoms with van der Waals surface area (Å²) in [4.78, 5) is 39.9. The van der Waals surface area contributed by atoms with Crippen molar-refractivity contribution in [2.45, 2.75) is 103 Å². The predicted molar refractivity (Wildman–Crippen MR) is 216 cm³/mol. The van der Waals surface area contributed by atoms with Gasteiger partial charge in [-0.15, -0.1) is 11.3 Å². The van der Waals surface area contributed by atoms with E-state index in [2.05, 4.69) is 15.3 Å². The summed E-state index contributed by atoms with van der Waals surface area (Å²) >= 11 is 0.594. The number of hydrogen-bond donors (Lipinski definition) is 1. The average molecular weight is 862 g/mol. The lowest BCUT2D eigenvalue weighted by Crippen LogP contribution is -2.45. The minimum atomic E-state index is -5.20. The Bertz CT molecular complexity index is 2360. The number of carbonyl (C=O) groups excluding carboxylic acids is 2. The number of thiophene rings is 1. The molecular weight excluding hydrogens is 814 g/mol. The summed E-state index contributed by atoms with van der Waals surface area (Å²) in [5, 5.41) is 11.8. The van der Waals surface area contributed by atoms with Crippen LogP contribution in [0.4, 0.5) is 42.4 Å². The second kappa shape index (κ2) is 16.4. The predicted octanol–water partition coefficient (Wildman–Crippen LogP) is 8.96. The van der Waals surface area contributed by atoms with Crippen molar-refractivity contribution in [3.8, 4) is 23.2 Å². The van der Waals surface area contributed by atoms with Gasteiger partial charge in [0.05, 0.1) is 34.0 Å². The van der Waals surface area contributed by atoms with E-state index >= 15 is 22.0 Å². The molecule has 6 rings (SSSR count). The quantitative estimate of drug-likeness (QED) is 0.170. The van der Waals surface area contributed by atoms with Crippen LogP contribution < -0.4 is 15.0 Å². The van der Waals surface area contributed by atoms with Crippen molar-refractivity contribution in [3.05, 3.63) is 41.0 Å². The zero-order valence-electron chi connectivity index (χ0n) is 35.0. The molecule has 0 radical (unpaired) electrons. The molecule has 2 aliphatic rings. The summed E-state index contributed by atoms with van der Waals surface area (Å²) in [6.07, 6.45) is -5.84. The van der Waals surface area contributed by atoms with Gasteiger partial charge in [-0.1, -0.05) is 6.07 Å². The van der Waals surface area contributed by atoms with E-state index in [0.717, 1.165) is 18.2 Å². The van der Waals surface area contributed by atoms with Crippen LogP contribution in [-0.2, 0) is 20.4 Å². The van der Waals surface area contributed by atoms with Crippen molar-refractivity contribution < 1.29 is 50.5 Å². The lowest BCUT2D eigenvalue weighted by Gasteiger charge is -2.33. The highest BCUT2D eigenvalue weighted by molar-refractivity contribution is 7.23. The number of aromatic nitrogens is 2. The molecule has 324 valence electrons. The summed E-state index contributed by atoms with van der Waals surface area (Å²) in [5.74, 6) is -2.44. The van der Waals surface area contributed by atoms with Gasteiger partial charge >= 0.3 is 24.4 Å². The van der Waals surface area contributed by atoms with Crippen LogP contribution in [0.2, 0.25) is 0 Å². The maximum Gasteiger partial charge on any atom is 0.417 e. The molecular formula is C41H48F5N7O6S.